The molecule has 0 fully saturated rings. The van der Waals surface area contributed by atoms with Crippen LogP contribution in [0.1, 0.15) is 39.0 Å². The molecular weight excluding hydrogens is 588 g/mol. The Bertz CT molecular complexity index is 1380. The zero-order valence-electron chi connectivity index (χ0n) is 26.5. The molecule has 0 atom stereocenters. The summed E-state index contributed by atoms with van der Waals surface area (Å²) in [6, 6.07) is 20.4. The van der Waals surface area contributed by atoms with Gasteiger partial charge in [0.05, 0.1) is 26.4 Å². The van der Waals surface area contributed by atoms with Crippen molar-refractivity contribution >= 4 is 0 Å². The average molecular weight is 634 g/mol. The Kier molecular flexibility index (Phi) is 13.6. The number of benzene rings is 4. The van der Waals surface area contributed by atoms with Crippen molar-refractivity contribution in [3.8, 4) is 56.4 Å². The Hall–Kier alpha value is -4.18. The van der Waals surface area contributed by atoms with Crippen LogP contribution < -0.4 is 36.1 Å². The lowest BCUT2D eigenvalue weighted by Crippen LogP contribution is -2.07. The molecule has 0 bridgehead atoms. The van der Waals surface area contributed by atoms with Crippen LogP contribution in [-0.4, -0.2) is 46.1 Å². The maximum atomic E-state index is 15.4. The van der Waals surface area contributed by atoms with Gasteiger partial charge in [-0.05, 0) is 116 Å². The summed E-state index contributed by atoms with van der Waals surface area (Å²) in [5.41, 5.74) is 20.0. The van der Waals surface area contributed by atoms with E-state index in [-0.39, 0.29) is 11.1 Å². The van der Waals surface area contributed by atoms with Crippen molar-refractivity contribution in [1.82, 2.24) is 0 Å². The van der Waals surface area contributed by atoms with Crippen LogP contribution in [0.4, 0.5) is 8.78 Å². The van der Waals surface area contributed by atoms with E-state index in [1.165, 1.54) is 12.1 Å². The quantitative estimate of drug-likeness (QED) is 0.0927. The van der Waals surface area contributed by atoms with E-state index in [4.69, 9.17) is 36.1 Å². The predicted molar refractivity (Wildman–Crippen MR) is 181 cm³/mol. The summed E-state index contributed by atoms with van der Waals surface area (Å²) in [7, 11) is 0. The lowest BCUT2D eigenvalue weighted by molar-refractivity contribution is 0.296. The van der Waals surface area contributed by atoms with Gasteiger partial charge in [-0.3, -0.25) is 0 Å². The Morgan fingerprint density at radius 2 is 0.804 bits per heavy atom. The van der Waals surface area contributed by atoms with Crippen LogP contribution in [0.15, 0.2) is 72.8 Å². The molecule has 4 aromatic carbocycles. The molecule has 46 heavy (non-hydrogen) atoms. The van der Waals surface area contributed by atoms with Gasteiger partial charge in [-0.2, -0.15) is 0 Å². The number of hydrogen-bond donors (Lipinski definition) is 3. The summed E-state index contributed by atoms with van der Waals surface area (Å²) in [5, 5.41) is 0. The molecule has 0 spiro atoms. The van der Waals surface area contributed by atoms with Gasteiger partial charge in [0.2, 0.25) is 0 Å². The summed E-state index contributed by atoms with van der Waals surface area (Å²) < 4.78 is 54.6. The van der Waals surface area contributed by atoms with Crippen molar-refractivity contribution in [2.75, 3.05) is 46.1 Å². The second-order valence-corrected chi connectivity index (χ2v) is 10.9. The average Bonchev–Trinajstić information content (AvgIpc) is 3.06. The molecule has 0 saturated heterocycles. The molecule has 0 radical (unpaired) electrons. The van der Waals surface area contributed by atoms with Crippen LogP contribution in [0.2, 0.25) is 0 Å². The van der Waals surface area contributed by atoms with Crippen LogP contribution >= 0.6 is 0 Å². The van der Waals surface area contributed by atoms with Crippen molar-refractivity contribution in [3.05, 3.63) is 84.4 Å². The van der Waals surface area contributed by atoms with Gasteiger partial charge in [-0.1, -0.05) is 25.5 Å². The minimum Gasteiger partial charge on any atom is -0.493 e. The molecule has 0 aliphatic heterocycles. The molecule has 0 heterocycles. The highest BCUT2D eigenvalue weighted by atomic mass is 19.1. The van der Waals surface area contributed by atoms with E-state index in [9.17, 15) is 0 Å². The molecule has 9 heteroatoms. The minimum atomic E-state index is -0.544. The molecule has 0 saturated carbocycles. The number of unbranched alkanes of at least 4 members (excludes halogenated alkanes) is 1. The molecule has 7 nitrogen and oxygen atoms in total. The number of hydrogen-bond acceptors (Lipinski definition) is 7. The van der Waals surface area contributed by atoms with Gasteiger partial charge >= 0.3 is 0 Å². The number of rotatable bonds is 19. The van der Waals surface area contributed by atoms with Crippen LogP contribution in [0, 0.1) is 11.6 Å². The van der Waals surface area contributed by atoms with E-state index < -0.39 is 11.6 Å². The van der Waals surface area contributed by atoms with Gasteiger partial charge in [0.15, 0.2) is 0 Å². The largest absolute Gasteiger partial charge is 0.493 e. The normalized spacial score (nSPS) is 11.0. The first kappa shape index (κ1) is 34.7. The van der Waals surface area contributed by atoms with Crippen molar-refractivity contribution in [2.45, 2.75) is 39.0 Å². The third kappa shape index (κ3) is 9.91. The van der Waals surface area contributed by atoms with Gasteiger partial charge in [0, 0.05) is 23.3 Å². The third-order valence-electron chi connectivity index (χ3n) is 7.27. The fraction of sp³-hybridized carbons (Fsp3) is 0.351. The van der Waals surface area contributed by atoms with Gasteiger partial charge in [-0.15, -0.1) is 0 Å². The summed E-state index contributed by atoms with van der Waals surface area (Å²) >= 11 is 0. The Labute approximate surface area is 270 Å². The van der Waals surface area contributed by atoms with E-state index in [1.54, 1.807) is 30.3 Å². The summed E-state index contributed by atoms with van der Waals surface area (Å²) in [6.45, 7) is 5.53. The van der Waals surface area contributed by atoms with E-state index in [0.29, 0.717) is 99.4 Å². The zero-order valence-corrected chi connectivity index (χ0v) is 26.5. The summed E-state index contributed by atoms with van der Waals surface area (Å²) in [5.74, 6) is 1.37. The Morgan fingerprint density at radius 1 is 0.457 bits per heavy atom. The van der Waals surface area contributed by atoms with Gasteiger partial charge in [0.1, 0.15) is 34.6 Å². The first-order valence-electron chi connectivity index (χ1n) is 16.0. The number of halogens is 2. The molecule has 0 aliphatic carbocycles. The van der Waals surface area contributed by atoms with Crippen molar-refractivity contribution in [1.29, 1.82) is 0 Å². The zero-order chi connectivity index (χ0) is 32.7. The van der Waals surface area contributed by atoms with Crippen molar-refractivity contribution in [3.63, 3.8) is 0 Å². The van der Waals surface area contributed by atoms with Gasteiger partial charge < -0.3 is 36.1 Å². The first-order chi connectivity index (χ1) is 22.4. The molecule has 0 unspecified atom stereocenters. The maximum Gasteiger partial charge on any atom is 0.131 e. The van der Waals surface area contributed by atoms with Gasteiger partial charge in [0.25, 0.3) is 0 Å². The molecule has 0 aromatic heterocycles. The van der Waals surface area contributed by atoms with Crippen LogP contribution in [0.25, 0.3) is 33.4 Å². The first-order valence-corrected chi connectivity index (χ1v) is 16.0. The SMILES string of the molecule is CCCCOc1cc(OCCCN)cc(-c2ccc(F)c(-c3cc(-c4cc(OCCCN)cc(OCCCN)c4)ccc3F)c2)c1. The van der Waals surface area contributed by atoms with E-state index in [0.717, 1.165) is 24.0 Å². The fourth-order valence-electron chi connectivity index (χ4n) is 4.79. The summed E-state index contributed by atoms with van der Waals surface area (Å²) in [4.78, 5) is 0. The number of nitrogens with two attached hydrogens (primary N) is 3. The summed E-state index contributed by atoms with van der Waals surface area (Å²) in [6.07, 6.45) is 4.00. The molecule has 0 aliphatic rings. The number of ether oxygens (including phenoxy) is 4. The highest BCUT2D eigenvalue weighted by molar-refractivity contribution is 5.79. The molecule has 6 N–H and O–H groups in total. The highest BCUT2D eigenvalue weighted by Crippen LogP contribution is 2.37. The lowest BCUT2D eigenvalue weighted by Gasteiger charge is -2.15. The van der Waals surface area contributed by atoms with E-state index in [2.05, 4.69) is 6.92 Å². The molecule has 246 valence electrons. The highest BCUT2D eigenvalue weighted by Gasteiger charge is 2.16. The topological polar surface area (TPSA) is 115 Å². The second kappa shape index (κ2) is 18.1. The van der Waals surface area contributed by atoms with Crippen molar-refractivity contribution in [2.24, 2.45) is 17.2 Å². The van der Waals surface area contributed by atoms with Crippen LogP contribution in [0.3, 0.4) is 0 Å². The molecule has 0 amide bonds. The fourth-order valence-corrected chi connectivity index (χ4v) is 4.79. The van der Waals surface area contributed by atoms with E-state index in [1.807, 2.05) is 30.3 Å². The predicted octanol–water partition coefficient (Wildman–Crippen LogP) is 7.33. The van der Waals surface area contributed by atoms with Gasteiger partial charge in [-0.25, -0.2) is 8.78 Å². The van der Waals surface area contributed by atoms with Crippen LogP contribution in [-0.2, 0) is 0 Å². The van der Waals surface area contributed by atoms with E-state index >= 15 is 8.78 Å². The second-order valence-electron chi connectivity index (χ2n) is 10.9. The monoisotopic (exact) mass is 633 g/mol. The standard InChI is InChI=1S/C37H45F2N3O4/c1-2-3-14-43-30-18-28(19-31(24-30)44-15-4-11-40)26-7-9-36(38)34(22-26)35-23-27(8-10-37(35)39)29-20-32(45-16-5-12-41)25-33(21-29)46-17-6-13-42/h7-10,18-25H,2-6,11-17,40-42H2,1H3. The third-order valence-corrected chi connectivity index (χ3v) is 7.27. The molecule has 4 aromatic rings. The van der Waals surface area contributed by atoms with Crippen molar-refractivity contribution < 1.29 is 27.7 Å². The Morgan fingerprint density at radius 3 is 1.13 bits per heavy atom. The smallest absolute Gasteiger partial charge is 0.131 e. The lowest BCUT2D eigenvalue weighted by atomic mass is 9.95. The van der Waals surface area contributed by atoms with Crippen LogP contribution in [0.5, 0.6) is 23.0 Å². The Balaban J connectivity index is 1.72. The molecular formula is C37H45F2N3O4. The minimum absolute atomic E-state index is 0.131. The maximum absolute atomic E-state index is 15.4. The molecule has 4 rings (SSSR count).